The average molecular weight is 400 g/mol. The van der Waals surface area contributed by atoms with Crippen LogP contribution in [0.1, 0.15) is 21.7 Å². The third-order valence-corrected chi connectivity index (χ3v) is 4.68. The Balaban J connectivity index is 2.35. The Morgan fingerprint density at radius 2 is 1.80 bits per heavy atom. The lowest BCUT2D eigenvalue weighted by atomic mass is 10.1. The van der Waals surface area contributed by atoms with Crippen LogP contribution in [-0.4, -0.2) is 15.3 Å². The number of halogens is 2. The summed E-state index contributed by atoms with van der Waals surface area (Å²) < 4.78 is 3.03. The van der Waals surface area contributed by atoms with Crippen molar-refractivity contribution in [2.45, 2.75) is 20.4 Å². The first kappa shape index (κ1) is 15.1. The molecular formula is C14H12Br2N2O2. The van der Waals surface area contributed by atoms with Gasteiger partial charge in [-0.25, -0.2) is 4.79 Å². The number of rotatable bonds is 3. The molecule has 0 aliphatic heterocycles. The first-order valence-electron chi connectivity index (χ1n) is 5.92. The van der Waals surface area contributed by atoms with E-state index >= 15 is 0 Å². The van der Waals surface area contributed by atoms with E-state index < -0.39 is 5.69 Å². The molecule has 0 amide bonds. The van der Waals surface area contributed by atoms with Gasteiger partial charge in [0.1, 0.15) is 0 Å². The Hall–Kier alpha value is -1.27. The van der Waals surface area contributed by atoms with Crippen molar-refractivity contribution in [3.8, 4) is 0 Å². The summed E-state index contributed by atoms with van der Waals surface area (Å²) in [4.78, 5) is 28.0. The van der Waals surface area contributed by atoms with Gasteiger partial charge in [0, 0.05) is 15.7 Å². The molecule has 0 saturated heterocycles. The second-order valence-corrected chi connectivity index (χ2v) is 6.10. The predicted molar refractivity (Wildman–Crippen MR) is 84.1 cm³/mol. The maximum absolute atomic E-state index is 12.2. The molecule has 20 heavy (non-hydrogen) atoms. The third-order valence-electron chi connectivity index (χ3n) is 3.00. The van der Waals surface area contributed by atoms with Crippen LogP contribution in [0.25, 0.3) is 0 Å². The molecule has 0 fully saturated rings. The van der Waals surface area contributed by atoms with Gasteiger partial charge in [0.25, 0.3) is 0 Å². The van der Waals surface area contributed by atoms with Crippen LogP contribution in [0.5, 0.6) is 0 Å². The van der Waals surface area contributed by atoms with Gasteiger partial charge in [0.05, 0.1) is 16.7 Å². The van der Waals surface area contributed by atoms with E-state index in [2.05, 4.69) is 36.8 Å². The molecule has 2 aromatic rings. The number of nitrogens with zero attached hydrogens (tertiary/aromatic N) is 2. The van der Waals surface area contributed by atoms with Gasteiger partial charge in [0.15, 0.2) is 5.78 Å². The zero-order valence-electron chi connectivity index (χ0n) is 11.0. The predicted octanol–water partition coefficient (Wildman–Crippen LogP) is 3.27. The molecule has 1 aromatic heterocycles. The zero-order chi connectivity index (χ0) is 14.9. The van der Waals surface area contributed by atoms with Crippen LogP contribution < -0.4 is 5.69 Å². The quantitative estimate of drug-likeness (QED) is 0.744. The van der Waals surface area contributed by atoms with E-state index in [0.717, 1.165) is 8.95 Å². The molecule has 104 valence electrons. The van der Waals surface area contributed by atoms with Gasteiger partial charge in [0.2, 0.25) is 0 Å². The van der Waals surface area contributed by atoms with E-state index in [9.17, 15) is 9.59 Å². The summed E-state index contributed by atoms with van der Waals surface area (Å²) in [6.07, 6.45) is 0. The number of carbonyl (C=O) groups excluding carboxylic acids is 1. The highest BCUT2D eigenvalue weighted by Gasteiger charge is 2.13. The molecular weight excluding hydrogens is 388 g/mol. The minimum Gasteiger partial charge on any atom is -0.292 e. The largest absolute Gasteiger partial charge is 0.348 e. The number of benzene rings is 1. The molecule has 0 N–H and O–H groups in total. The highest BCUT2D eigenvalue weighted by atomic mass is 79.9. The summed E-state index contributed by atoms with van der Waals surface area (Å²) in [5, 5.41) is 0. The summed E-state index contributed by atoms with van der Waals surface area (Å²) in [6.45, 7) is 3.52. The summed E-state index contributed by atoms with van der Waals surface area (Å²) >= 11 is 6.70. The Bertz CT molecular complexity index is 721. The van der Waals surface area contributed by atoms with Crippen LogP contribution >= 0.6 is 31.9 Å². The van der Waals surface area contributed by atoms with E-state index in [1.807, 2.05) is 0 Å². The summed E-state index contributed by atoms with van der Waals surface area (Å²) in [7, 11) is 0. The van der Waals surface area contributed by atoms with E-state index in [1.165, 1.54) is 4.57 Å². The molecule has 0 unspecified atom stereocenters. The van der Waals surface area contributed by atoms with Crippen molar-refractivity contribution in [1.29, 1.82) is 0 Å². The minimum absolute atomic E-state index is 0.0157. The van der Waals surface area contributed by atoms with E-state index in [1.54, 1.807) is 38.1 Å². The molecule has 0 spiro atoms. The molecule has 0 bridgehead atoms. The second kappa shape index (κ2) is 6.01. The fourth-order valence-corrected chi connectivity index (χ4v) is 2.40. The Morgan fingerprint density at radius 3 is 2.40 bits per heavy atom. The maximum Gasteiger partial charge on any atom is 0.348 e. The second-order valence-electron chi connectivity index (χ2n) is 4.40. The SMILES string of the molecule is Cc1nc(=O)n(CC(=O)c2ccc(Br)cc2)c(C)c1Br. The van der Waals surface area contributed by atoms with Crippen molar-refractivity contribution in [1.82, 2.24) is 9.55 Å². The van der Waals surface area contributed by atoms with Gasteiger partial charge in [-0.15, -0.1) is 0 Å². The molecule has 0 aliphatic rings. The number of Topliss-reactive ketones (excluding diaryl/α,β-unsaturated/α-hetero) is 1. The van der Waals surface area contributed by atoms with Crippen molar-refractivity contribution in [2.75, 3.05) is 0 Å². The van der Waals surface area contributed by atoms with Crippen molar-refractivity contribution in [2.24, 2.45) is 0 Å². The smallest absolute Gasteiger partial charge is 0.292 e. The first-order chi connectivity index (χ1) is 9.40. The third kappa shape index (κ3) is 3.07. The van der Waals surface area contributed by atoms with E-state index in [4.69, 9.17) is 0 Å². The van der Waals surface area contributed by atoms with Crippen molar-refractivity contribution >= 4 is 37.6 Å². The molecule has 0 radical (unpaired) electrons. The standard InChI is InChI=1S/C14H12Br2N2O2/c1-8-13(16)9(2)18(14(20)17-8)7-12(19)10-3-5-11(15)6-4-10/h3-6H,7H2,1-2H3. The lowest BCUT2D eigenvalue weighted by Gasteiger charge is -2.11. The Kier molecular flexibility index (Phi) is 4.55. The van der Waals surface area contributed by atoms with Gasteiger partial charge in [-0.2, -0.15) is 4.98 Å². The number of carbonyl (C=O) groups is 1. The highest BCUT2D eigenvalue weighted by molar-refractivity contribution is 9.10. The van der Waals surface area contributed by atoms with Gasteiger partial charge >= 0.3 is 5.69 Å². The van der Waals surface area contributed by atoms with Crippen LogP contribution in [-0.2, 0) is 6.54 Å². The fourth-order valence-electron chi connectivity index (χ4n) is 1.83. The van der Waals surface area contributed by atoms with Gasteiger partial charge < -0.3 is 0 Å². The molecule has 0 atom stereocenters. The lowest BCUT2D eigenvalue weighted by molar-refractivity contribution is 0.0969. The average Bonchev–Trinajstić information content (AvgIpc) is 2.42. The summed E-state index contributed by atoms with van der Waals surface area (Å²) in [5.74, 6) is -0.125. The van der Waals surface area contributed by atoms with Crippen molar-refractivity contribution in [3.63, 3.8) is 0 Å². The molecule has 1 heterocycles. The first-order valence-corrected chi connectivity index (χ1v) is 7.51. The van der Waals surface area contributed by atoms with Crippen molar-refractivity contribution in [3.05, 3.63) is 60.6 Å². The lowest BCUT2D eigenvalue weighted by Crippen LogP contribution is -2.29. The topological polar surface area (TPSA) is 52.0 Å². The van der Waals surface area contributed by atoms with Crippen LogP contribution in [0, 0.1) is 13.8 Å². The number of hydrogen-bond acceptors (Lipinski definition) is 3. The minimum atomic E-state index is -0.409. The Morgan fingerprint density at radius 1 is 1.20 bits per heavy atom. The van der Waals surface area contributed by atoms with Crippen molar-refractivity contribution < 1.29 is 4.79 Å². The van der Waals surface area contributed by atoms with Crippen LogP contribution in [0.15, 0.2) is 38.0 Å². The van der Waals surface area contributed by atoms with Gasteiger partial charge in [-0.1, -0.05) is 28.1 Å². The molecule has 4 nitrogen and oxygen atoms in total. The molecule has 6 heteroatoms. The van der Waals surface area contributed by atoms with E-state index in [-0.39, 0.29) is 12.3 Å². The van der Waals surface area contributed by atoms with Gasteiger partial charge in [-0.3, -0.25) is 9.36 Å². The summed E-state index contributed by atoms with van der Waals surface area (Å²) in [6, 6.07) is 7.05. The number of aromatic nitrogens is 2. The van der Waals surface area contributed by atoms with Crippen LogP contribution in [0.2, 0.25) is 0 Å². The number of ketones is 1. The molecule has 0 aliphatic carbocycles. The zero-order valence-corrected chi connectivity index (χ0v) is 14.2. The molecule has 2 rings (SSSR count). The number of aryl methyl sites for hydroxylation is 1. The van der Waals surface area contributed by atoms with Gasteiger partial charge in [-0.05, 0) is 41.9 Å². The van der Waals surface area contributed by atoms with Crippen LogP contribution in [0.3, 0.4) is 0 Å². The van der Waals surface area contributed by atoms with E-state index in [0.29, 0.717) is 17.0 Å². The fraction of sp³-hybridized carbons (Fsp3) is 0.214. The monoisotopic (exact) mass is 398 g/mol. The number of hydrogen-bond donors (Lipinski definition) is 0. The molecule has 0 saturated carbocycles. The van der Waals surface area contributed by atoms with Crippen LogP contribution in [0.4, 0.5) is 0 Å². The Labute approximate surface area is 133 Å². The normalized spacial score (nSPS) is 10.6. The highest BCUT2D eigenvalue weighted by Crippen LogP contribution is 2.17. The summed E-state index contributed by atoms with van der Waals surface area (Å²) in [5.41, 5.74) is 1.48. The maximum atomic E-state index is 12.2. The molecule has 1 aromatic carbocycles.